The first-order valence-corrected chi connectivity index (χ1v) is 20.6. The van der Waals surface area contributed by atoms with E-state index in [4.69, 9.17) is 4.74 Å². The number of carbonyl (C=O) groups excluding carboxylic acids is 5. The molecule has 8 heteroatoms. The maximum atomic E-state index is 13.1. The minimum Gasteiger partial charge on any atom is -0.381 e. The predicted octanol–water partition coefficient (Wildman–Crippen LogP) is 9.02. The fraction of sp³-hybridized carbons (Fsp3) is 0.353. The van der Waals surface area contributed by atoms with Gasteiger partial charge in [0.25, 0.3) is 0 Å². The van der Waals surface area contributed by atoms with Crippen LogP contribution < -0.4 is 9.80 Å². The molecule has 4 aromatic rings. The number of amides is 2. The second-order valence-electron chi connectivity index (χ2n) is 15.4. The molecule has 0 aliphatic carbocycles. The lowest BCUT2D eigenvalue weighted by Gasteiger charge is -2.26. The third kappa shape index (κ3) is 13.0. The van der Waals surface area contributed by atoms with Gasteiger partial charge in [0, 0.05) is 72.6 Å². The summed E-state index contributed by atoms with van der Waals surface area (Å²) in [7, 11) is 0. The van der Waals surface area contributed by atoms with Crippen molar-refractivity contribution < 1.29 is 28.7 Å². The fourth-order valence-electron chi connectivity index (χ4n) is 6.70. The number of carbonyl (C=O) groups is 5. The van der Waals surface area contributed by atoms with E-state index >= 15 is 0 Å². The number of anilines is 2. The van der Waals surface area contributed by atoms with E-state index < -0.39 is 0 Å². The molecule has 0 unspecified atom stereocenters. The van der Waals surface area contributed by atoms with Crippen LogP contribution in [-0.2, 0) is 41.8 Å². The van der Waals surface area contributed by atoms with E-state index in [1.54, 1.807) is 4.90 Å². The molecule has 0 saturated heterocycles. The first-order chi connectivity index (χ1) is 28.5. The number of benzene rings is 4. The number of ether oxygens (including phenoxy) is 1. The monoisotopic (exact) mass is 790 g/mol. The normalized spacial score (nSPS) is 12.2. The lowest BCUT2D eigenvalue weighted by atomic mass is 10.0. The summed E-state index contributed by atoms with van der Waals surface area (Å²) >= 11 is 0. The third-order valence-corrected chi connectivity index (χ3v) is 10.3. The van der Waals surface area contributed by atoms with E-state index in [1.165, 1.54) is 0 Å². The molecule has 0 bridgehead atoms. The van der Waals surface area contributed by atoms with Crippen LogP contribution in [0, 0.1) is 35.5 Å². The number of nitrogens with zero attached hydrogens (tertiary/aromatic N) is 2. The van der Waals surface area contributed by atoms with Gasteiger partial charge in [0.2, 0.25) is 11.8 Å². The van der Waals surface area contributed by atoms with Crippen molar-refractivity contribution in [2.24, 2.45) is 11.8 Å². The zero-order chi connectivity index (χ0) is 42.1. The molecule has 0 fully saturated rings. The lowest BCUT2D eigenvalue weighted by molar-refractivity contribution is -0.124. The standard InChI is InChI=1S/C28H31NO4.C23H23NO2/c1-21(2)27(31)17-19-33-18-16-25(30)11-7-13-28(32)29-20-24-10-4-3-8-22(24)14-15-23-9-5-6-12-26(23)29;1-17(2)22(25)12-7-13-23(26)24-16-20-10-4-3-8-18(20)14-15-19-9-5-6-11-21(19)24/h3-6,8-10,12,21H,7,11,13,16-20H2,1-2H3;3-6,8-11,17H,7,12-13,16H2,1-2H3. The summed E-state index contributed by atoms with van der Waals surface area (Å²) in [5, 5.41) is 0. The Hall–Kier alpha value is -6.09. The molecule has 6 rings (SSSR count). The van der Waals surface area contributed by atoms with E-state index in [2.05, 4.69) is 23.7 Å². The Morgan fingerprint density at radius 3 is 1.37 bits per heavy atom. The molecule has 8 nitrogen and oxygen atoms in total. The average molecular weight is 791 g/mol. The highest BCUT2D eigenvalue weighted by Gasteiger charge is 2.23. The van der Waals surface area contributed by atoms with E-state index in [1.807, 2.05) is 130 Å². The first-order valence-electron chi connectivity index (χ1n) is 20.6. The van der Waals surface area contributed by atoms with Crippen LogP contribution >= 0.6 is 0 Å². The van der Waals surface area contributed by atoms with Crippen LogP contribution in [0.25, 0.3) is 0 Å². The summed E-state index contributed by atoms with van der Waals surface area (Å²) in [6, 6.07) is 31.2. The second-order valence-corrected chi connectivity index (χ2v) is 15.4. The van der Waals surface area contributed by atoms with Crippen molar-refractivity contribution in [3.63, 3.8) is 0 Å². The Labute approximate surface area is 349 Å². The summed E-state index contributed by atoms with van der Waals surface area (Å²) < 4.78 is 5.42. The van der Waals surface area contributed by atoms with Gasteiger partial charge in [-0.05, 0) is 60.4 Å². The smallest absolute Gasteiger partial charge is 0.227 e. The fourth-order valence-corrected chi connectivity index (χ4v) is 6.70. The van der Waals surface area contributed by atoms with E-state index in [0.717, 1.165) is 44.8 Å². The minimum atomic E-state index is -0.0165. The number of Topliss-reactive ketones (excluding diaryl/α,β-unsaturated/α-hetero) is 3. The highest BCUT2D eigenvalue weighted by molar-refractivity contribution is 5.96. The van der Waals surface area contributed by atoms with E-state index in [0.29, 0.717) is 77.7 Å². The zero-order valence-electron chi connectivity index (χ0n) is 34.7. The van der Waals surface area contributed by atoms with Crippen molar-refractivity contribution in [2.75, 3.05) is 23.0 Å². The molecule has 0 radical (unpaired) electrons. The summed E-state index contributed by atoms with van der Waals surface area (Å²) in [6.45, 7) is 9.14. The zero-order valence-corrected chi connectivity index (χ0v) is 34.7. The molecule has 0 aromatic heterocycles. The summed E-state index contributed by atoms with van der Waals surface area (Å²) in [5.41, 5.74) is 7.26. The van der Waals surface area contributed by atoms with Crippen molar-refractivity contribution in [1.82, 2.24) is 0 Å². The summed E-state index contributed by atoms with van der Waals surface area (Å²) in [4.78, 5) is 65.3. The largest absolute Gasteiger partial charge is 0.381 e. The molecule has 304 valence electrons. The number of hydrogen-bond donors (Lipinski definition) is 0. The topological polar surface area (TPSA) is 101 Å². The molecule has 0 saturated carbocycles. The van der Waals surface area contributed by atoms with Gasteiger partial charge in [0.15, 0.2) is 0 Å². The third-order valence-electron chi connectivity index (χ3n) is 10.3. The molecular weight excluding hydrogens is 737 g/mol. The van der Waals surface area contributed by atoms with Crippen molar-refractivity contribution >= 4 is 40.5 Å². The van der Waals surface area contributed by atoms with Crippen molar-refractivity contribution in [3.8, 4) is 23.7 Å². The molecule has 2 aliphatic rings. The van der Waals surface area contributed by atoms with Gasteiger partial charge in [-0.2, -0.15) is 0 Å². The second kappa shape index (κ2) is 22.2. The molecule has 0 N–H and O–H groups in total. The first kappa shape index (κ1) is 44.0. The van der Waals surface area contributed by atoms with Gasteiger partial charge in [-0.1, -0.05) is 112 Å². The van der Waals surface area contributed by atoms with Gasteiger partial charge >= 0.3 is 0 Å². The van der Waals surface area contributed by atoms with Crippen LogP contribution in [0.5, 0.6) is 0 Å². The SMILES string of the molecule is CC(C)C(=O)CCCC(=O)N1Cc2ccccc2C#Cc2ccccc21.CC(C)C(=O)CCOCCC(=O)CCCC(=O)N1Cc2ccccc2C#Cc2ccccc21. The highest BCUT2D eigenvalue weighted by Crippen LogP contribution is 2.28. The maximum absolute atomic E-state index is 13.1. The van der Waals surface area contributed by atoms with Crippen molar-refractivity contribution in [3.05, 3.63) is 130 Å². The average Bonchev–Trinajstić information content (AvgIpc) is 3.22. The van der Waals surface area contributed by atoms with Gasteiger partial charge in [-0.15, -0.1) is 0 Å². The Kier molecular flexibility index (Phi) is 16.5. The number of ketones is 3. The molecule has 4 aromatic carbocycles. The molecule has 0 spiro atoms. The molecule has 2 heterocycles. The molecule has 59 heavy (non-hydrogen) atoms. The Morgan fingerprint density at radius 1 is 0.492 bits per heavy atom. The van der Waals surface area contributed by atoms with Gasteiger partial charge < -0.3 is 14.5 Å². The Balaban J connectivity index is 0.000000230. The number of para-hydroxylation sites is 2. The van der Waals surface area contributed by atoms with E-state index in [9.17, 15) is 24.0 Å². The Morgan fingerprint density at radius 2 is 0.881 bits per heavy atom. The van der Waals surface area contributed by atoms with E-state index in [-0.39, 0.29) is 41.0 Å². The van der Waals surface area contributed by atoms with Crippen LogP contribution in [0.3, 0.4) is 0 Å². The Bertz CT molecular complexity index is 2270. The van der Waals surface area contributed by atoms with Crippen molar-refractivity contribution in [1.29, 1.82) is 0 Å². The molecular formula is C51H54N2O6. The van der Waals surface area contributed by atoms with Crippen LogP contribution in [0.4, 0.5) is 11.4 Å². The number of rotatable bonds is 16. The van der Waals surface area contributed by atoms with Crippen LogP contribution in [0.15, 0.2) is 97.1 Å². The maximum Gasteiger partial charge on any atom is 0.227 e. The van der Waals surface area contributed by atoms with Gasteiger partial charge in [0.05, 0.1) is 37.7 Å². The van der Waals surface area contributed by atoms with Gasteiger partial charge in [0.1, 0.15) is 17.3 Å². The summed E-state index contributed by atoms with van der Waals surface area (Å²) in [5.74, 6) is 13.3. The quantitative estimate of drug-likeness (QED) is 0.0830. The molecule has 2 aliphatic heterocycles. The van der Waals surface area contributed by atoms with Crippen molar-refractivity contribution in [2.45, 2.75) is 92.2 Å². The van der Waals surface area contributed by atoms with Crippen LogP contribution in [0.2, 0.25) is 0 Å². The van der Waals surface area contributed by atoms with Crippen LogP contribution in [-0.4, -0.2) is 42.4 Å². The van der Waals surface area contributed by atoms with Crippen LogP contribution in [0.1, 0.15) is 112 Å². The summed E-state index contributed by atoms with van der Waals surface area (Å²) in [6.07, 6.45) is 3.21. The highest BCUT2D eigenvalue weighted by atomic mass is 16.5. The minimum absolute atomic E-state index is 0.00818. The predicted molar refractivity (Wildman–Crippen MR) is 233 cm³/mol. The number of hydrogen-bond acceptors (Lipinski definition) is 6. The van der Waals surface area contributed by atoms with Gasteiger partial charge in [-0.25, -0.2) is 0 Å². The lowest BCUT2D eigenvalue weighted by Crippen LogP contribution is -2.31. The molecule has 0 atom stereocenters. The number of fused-ring (bicyclic) bond motifs is 4. The molecule has 2 amide bonds. The van der Waals surface area contributed by atoms with Gasteiger partial charge in [-0.3, -0.25) is 24.0 Å².